The lowest BCUT2D eigenvalue weighted by Crippen LogP contribution is -2.22. The minimum atomic E-state index is -3.77. The number of sulfonamides is 1. The van der Waals surface area contributed by atoms with Crippen molar-refractivity contribution in [2.75, 3.05) is 0 Å². The molecule has 1 fully saturated rings. The molecule has 2 aliphatic carbocycles. The van der Waals surface area contributed by atoms with Gasteiger partial charge in [0.15, 0.2) is 5.03 Å². The predicted molar refractivity (Wildman–Crippen MR) is 94.3 cm³/mol. The van der Waals surface area contributed by atoms with Crippen molar-refractivity contribution in [2.45, 2.75) is 24.3 Å². The van der Waals surface area contributed by atoms with Gasteiger partial charge in [-0.25, -0.2) is 18.5 Å². The number of hydrogen-bond donors (Lipinski definition) is 1. The zero-order valence-corrected chi connectivity index (χ0v) is 14.0. The summed E-state index contributed by atoms with van der Waals surface area (Å²) < 4.78 is 22.8. The second kappa shape index (κ2) is 5.40. The third-order valence-corrected chi connectivity index (χ3v) is 5.69. The maximum Gasteiger partial charge on any atom is 0.255 e. The first-order chi connectivity index (χ1) is 11.5. The molecule has 2 N–H and O–H groups in total. The lowest BCUT2D eigenvalue weighted by atomic mass is 9.70. The Morgan fingerprint density at radius 1 is 0.917 bits per heavy atom. The number of rotatable bonds is 3. The average molecular weight is 338 g/mol. The first kappa shape index (κ1) is 15.3. The second-order valence-corrected chi connectivity index (χ2v) is 8.01. The molecule has 1 spiro atoms. The van der Waals surface area contributed by atoms with E-state index in [1.807, 2.05) is 18.2 Å². The fourth-order valence-electron chi connectivity index (χ4n) is 3.45. The van der Waals surface area contributed by atoms with Crippen LogP contribution in [-0.2, 0) is 10.0 Å². The van der Waals surface area contributed by atoms with Crippen LogP contribution in [0.25, 0.3) is 11.1 Å². The van der Waals surface area contributed by atoms with Crippen LogP contribution in [0, 0.1) is 5.41 Å². The summed E-state index contributed by atoms with van der Waals surface area (Å²) in [6.07, 6.45) is 9.83. The van der Waals surface area contributed by atoms with Crippen molar-refractivity contribution in [3.8, 4) is 0 Å². The number of allylic oxidation sites excluding steroid dienone is 4. The Hall–Kier alpha value is -2.24. The topological polar surface area (TPSA) is 73.1 Å². The molecule has 1 aromatic heterocycles. The molecule has 1 saturated carbocycles. The van der Waals surface area contributed by atoms with Crippen molar-refractivity contribution < 1.29 is 8.42 Å². The van der Waals surface area contributed by atoms with Gasteiger partial charge in [0.2, 0.25) is 0 Å². The Morgan fingerprint density at radius 2 is 1.58 bits per heavy atom. The van der Waals surface area contributed by atoms with Crippen molar-refractivity contribution in [1.82, 2.24) is 4.98 Å². The maximum absolute atomic E-state index is 11.4. The summed E-state index contributed by atoms with van der Waals surface area (Å²) in [5, 5.41) is 5.03. The van der Waals surface area contributed by atoms with Gasteiger partial charge in [-0.1, -0.05) is 48.9 Å². The molecular weight excluding hydrogens is 320 g/mol. The van der Waals surface area contributed by atoms with Crippen LogP contribution in [0.3, 0.4) is 0 Å². The van der Waals surface area contributed by atoms with Gasteiger partial charge in [-0.05, 0) is 41.7 Å². The Morgan fingerprint density at radius 3 is 2.08 bits per heavy atom. The summed E-state index contributed by atoms with van der Waals surface area (Å²) in [6.45, 7) is 0. The van der Waals surface area contributed by atoms with Crippen molar-refractivity contribution >= 4 is 21.2 Å². The Bertz CT molecular complexity index is 939. The zero-order valence-electron chi connectivity index (χ0n) is 13.1. The van der Waals surface area contributed by atoms with E-state index < -0.39 is 10.0 Å². The summed E-state index contributed by atoms with van der Waals surface area (Å²) in [7, 11) is -3.77. The molecule has 0 saturated heterocycles. The van der Waals surface area contributed by atoms with Gasteiger partial charge >= 0.3 is 0 Å². The van der Waals surface area contributed by atoms with Gasteiger partial charge in [-0.3, -0.25) is 0 Å². The third-order valence-electron chi connectivity index (χ3n) is 4.86. The summed E-state index contributed by atoms with van der Waals surface area (Å²) in [5.74, 6) is 0. The Labute approximate surface area is 141 Å². The van der Waals surface area contributed by atoms with Gasteiger partial charge in [0, 0.05) is 17.2 Å². The highest BCUT2D eigenvalue weighted by molar-refractivity contribution is 7.89. The first-order valence-electron chi connectivity index (χ1n) is 7.98. The zero-order chi connectivity index (χ0) is 16.8. The summed E-state index contributed by atoms with van der Waals surface area (Å²) >= 11 is 0. The monoisotopic (exact) mass is 338 g/mol. The van der Waals surface area contributed by atoms with Gasteiger partial charge in [-0.15, -0.1) is 0 Å². The minimum absolute atomic E-state index is 0.103. The molecule has 24 heavy (non-hydrogen) atoms. The number of primary sulfonamides is 1. The van der Waals surface area contributed by atoms with E-state index in [1.165, 1.54) is 23.6 Å². The largest absolute Gasteiger partial charge is 0.255 e. The molecule has 0 unspecified atom stereocenters. The SMILES string of the molecule is NS(=O)(=O)c1ccc(C2=CC3(C=C2c2ccccc2)CCC3)cn1. The Balaban J connectivity index is 1.78. The predicted octanol–water partition coefficient (Wildman–Crippen LogP) is 3.38. The van der Waals surface area contributed by atoms with E-state index in [4.69, 9.17) is 5.14 Å². The highest BCUT2D eigenvalue weighted by Gasteiger charge is 2.38. The fraction of sp³-hybridized carbons (Fsp3) is 0.211. The molecule has 4 nitrogen and oxygen atoms in total. The lowest BCUT2D eigenvalue weighted by molar-refractivity contribution is 0.282. The van der Waals surface area contributed by atoms with Crippen LogP contribution in [-0.4, -0.2) is 13.4 Å². The fourth-order valence-corrected chi connectivity index (χ4v) is 3.91. The Kier molecular flexibility index (Phi) is 3.44. The minimum Gasteiger partial charge on any atom is -0.243 e. The quantitative estimate of drug-likeness (QED) is 0.932. The number of nitrogens with two attached hydrogens (primary N) is 1. The highest BCUT2D eigenvalue weighted by atomic mass is 32.2. The lowest BCUT2D eigenvalue weighted by Gasteiger charge is -2.34. The number of pyridine rings is 1. The van der Waals surface area contributed by atoms with E-state index >= 15 is 0 Å². The molecule has 0 atom stereocenters. The standard InChI is InChI=1S/C19H18N2O2S/c20-24(22,23)18-8-7-15(13-21-18)17-12-19(9-4-10-19)11-16(17)14-5-2-1-3-6-14/h1-3,5-8,11-13H,4,9-10H2,(H2,20,22,23). The van der Waals surface area contributed by atoms with Gasteiger partial charge in [-0.2, -0.15) is 0 Å². The molecule has 2 aromatic rings. The maximum atomic E-state index is 11.4. The number of hydrogen-bond acceptors (Lipinski definition) is 3. The molecule has 5 heteroatoms. The average Bonchev–Trinajstić information content (AvgIpc) is 2.96. The smallest absolute Gasteiger partial charge is 0.243 e. The van der Waals surface area contributed by atoms with Crippen molar-refractivity contribution in [3.05, 3.63) is 71.9 Å². The van der Waals surface area contributed by atoms with Crippen molar-refractivity contribution in [2.24, 2.45) is 10.6 Å². The van der Waals surface area contributed by atoms with Crippen molar-refractivity contribution in [3.63, 3.8) is 0 Å². The van der Waals surface area contributed by atoms with E-state index in [1.54, 1.807) is 12.3 Å². The molecular formula is C19H18N2O2S. The molecule has 1 aromatic carbocycles. The van der Waals surface area contributed by atoms with Gasteiger partial charge in [0.1, 0.15) is 0 Å². The number of nitrogens with zero attached hydrogens (tertiary/aromatic N) is 1. The third kappa shape index (κ3) is 2.60. The van der Waals surface area contributed by atoms with Crippen LogP contribution in [0.15, 0.2) is 65.8 Å². The molecule has 122 valence electrons. The van der Waals surface area contributed by atoms with Gasteiger partial charge < -0.3 is 0 Å². The van der Waals surface area contributed by atoms with E-state index in [-0.39, 0.29) is 10.4 Å². The summed E-state index contributed by atoms with van der Waals surface area (Å²) in [4.78, 5) is 4.03. The normalized spacial score (nSPS) is 18.9. The van der Waals surface area contributed by atoms with Gasteiger partial charge in [0.05, 0.1) is 0 Å². The van der Waals surface area contributed by atoms with Gasteiger partial charge in [0.25, 0.3) is 10.0 Å². The number of benzene rings is 1. The van der Waals surface area contributed by atoms with Crippen LogP contribution in [0.1, 0.15) is 30.4 Å². The van der Waals surface area contributed by atoms with Crippen LogP contribution in [0.5, 0.6) is 0 Å². The molecule has 1 heterocycles. The molecule has 0 radical (unpaired) electrons. The second-order valence-electron chi connectivity index (χ2n) is 6.50. The van der Waals surface area contributed by atoms with Crippen LogP contribution in [0.4, 0.5) is 0 Å². The van der Waals surface area contributed by atoms with E-state index in [9.17, 15) is 8.42 Å². The summed E-state index contributed by atoms with van der Waals surface area (Å²) in [6, 6.07) is 13.5. The van der Waals surface area contributed by atoms with E-state index in [0.717, 1.165) is 24.0 Å². The van der Waals surface area contributed by atoms with Crippen LogP contribution < -0.4 is 5.14 Å². The summed E-state index contributed by atoms with van der Waals surface area (Å²) in [5.41, 5.74) is 4.55. The van der Waals surface area contributed by atoms with Crippen molar-refractivity contribution in [1.29, 1.82) is 0 Å². The van der Waals surface area contributed by atoms with E-state index in [0.29, 0.717) is 0 Å². The molecule has 4 rings (SSSR count). The first-order valence-corrected chi connectivity index (χ1v) is 9.52. The molecule has 2 aliphatic rings. The number of aromatic nitrogens is 1. The molecule has 0 aliphatic heterocycles. The van der Waals surface area contributed by atoms with Crippen LogP contribution in [0.2, 0.25) is 0 Å². The molecule has 0 amide bonds. The van der Waals surface area contributed by atoms with Crippen LogP contribution >= 0.6 is 0 Å². The molecule has 0 bridgehead atoms. The highest BCUT2D eigenvalue weighted by Crippen LogP contribution is 2.53. The van der Waals surface area contributed by atoms with E-state index in [2.05, 4.69) is 29.3 Å².